The summed E-state index contributed by atoms with van der Waals surface area (Å²) in [6.07, 6.45) is 0. The van der Waals surface area contributed by atoms with Crippen molar-refractivity contribution in [3.63, 3.8) is 0 Å². The number of fused-ring (bicyclic) bond motifs is 10. The molecule has 0 saturated carbocycles. The number of para-hydroxylation sites is 2. The number of nitrogens with zero attached hydrogens (tertiary/aromatic N) is 2. The van der Waals surface area contributed by atoms with E-state index in [4.69, 9.17) is 14.7 Å². The molecule has 8 aromatic carbocycles. The van der Waals surface area contributed by atoms with Crippen molar-refractivity contribution >= 4 is 10.8 Å². The average Bonchev–Trinajstić information content (AvgIpc) is 3.54. The summed E-state index contributed by atoms with van der Waals surface area (Å²) >= 11 is 0. The van der Waals surface area contributed by atoms with E-state index in [2.05, 4.69) is 188 Å². The van der Waals surface area contributed by atoms with Crippen LogP contribution in [-0.2, 0) is 5.41 Å². The fourth-order valence-electron chi connectivity index (χ4n) is 8.91. The Hall–Kier alpha value is -7.10. The van der Waals surface area contributed by atoms with Gasteiger partial charge in [0.15, 0.2) is 5.82 Å². The van der Waals surface area contributed by atoms with Crippen LogP contribution in [0.1, 0.15) is 22.3 Å². The fourth-order valence-corrected chi connectivity index (χ4v) is 8.91. The monoisotopic (exact) mass is 688 g/mol. The third-order valence-corrected chi connectivity index (χ3v) is 11.2. The summed E-state index contributed by atoms with van der Waals surface area (Å²) in [5.74, 6) is 2.24. The van der Waals surface area contributed by atoms with Crippen LogP contribution in [-0.4, -0.2) is 9.97 Å². The number of ether oxygens (including phenoxy) is 1. The predicted octanol–water partition coefficient (Wildman–Crippen LogP) is 12.8. The van der Waals surface area contributed by atoms with E-state index in [1.165, 1.54) is 38.8 Å². The minimum atomic E-state index is -0.573. The third kappa shape index (κ3) is 4.42. The second-order valence-corrected chi connectivity index (χ2v) is 14.0. The Labute approximate surface area is 313 Å². The van der Waals surface area contributed by atoms with Crippen LogP contribution in [0.25, 0.3) is 66.9 Å². The molecule has 0 unspecified atom stereocenters. The molecule has 1 aliphatic heterocycles. The topological polar surface area (TPSA) is 35.0 Å². The van der Waals surface area contributed by atoms with Gasteiger partial charge in [-0.2, -0.15) is 0 Å². The molecule has 0 bridgehead atoms. The molecule has 0 amide bonds. The first-order valence-corrected chi connectivity index (χ1v) is 18.4. The summed E-state index contributed by atoms with van der Waals surface area (Å²) in [5.41, 5.74) is 13.7. The van der Waals surface area contributed by atoms with Crippen molar-refractivity contribution in [3.05, 3.63) is 216 Å². The van der Waals surface area contributed by atoms with Gasteiger partial charge in [0.25, 0.3) is 0 Å². The Bertz CT molecular complexity index is 2870. The lowest BCUT2D eigenvalue weighted by Crippen LogP contribution is -2.32. The van der Waals surface area contributed by atoms with Gasteiger partial charge in [0, 0.05) is 22.3 Å². The molecule has 3 nitrogen and oxygen atoms in total. The van der Waals surface area contributed by atoms with Crippen molar-refractivity contribution < 1.29 is 4.74 Å². The quantitative estimate of drug-likeness (QED) is 0.185. The highest BCUT2D eigenvalue weighted by Crippen LogP contribution is 2.63. The summed E-state index contributed by atoms with van der Waals surface area (Å²) in [4.78, 5) is 10.7. The molecule has 2 heterocycles. The lowest BCUT2D eigenvalue weighted by atomic mass is 9.66. The lowest BCUT2D eigenvalue weighted by Gasteiger charge is -2.39. The maximum atomic E-state index is 7.03. The first-order chi connectivity index (χ1) is 26.8. The van der Waals surface area contributed by atoms with Crippen LogP contribution in [0.4, 0.5) is 0 Å². The lowest BCUT2D eigenvalue weighted by molar-refractivity contribution is 0.437. The molecule has 0 atom stereocenters. The van der Waals surface area contributed by atoms with Gasteiger partial charge in [0.1, 0.15) is 11.5 Å². The Morgan fingerprint density at radius 2 is 0.870 bits per heavy atom. The number of hydrogen-bond acceptors (Lipinski definition) is 3. The minimum Gasteiger partial charge on any atom is -0.456 e. The largest absolute Gasteiger partial charge is 0.456 e. The normalized spacial score (nSPS) is 13.1. The molecule has 252 valence electrons. The Morgan fingerprint density at radius 3 is 1.59 bits per heavy atom. The Balaban J connectivity index is 1.18. The highest BCUT2D eigenvalue weighted by molar-refractivity contribution is 6.05. The smallest absolute Gasteiger partial charge is 0.164 e. The van der Waals surface area contributed by atoms with Crippen LogP contribution < -0.4 is 4.74 Å². The zero-order chi connectivity index (χ0) is 35.6. The van der Waals surface area contributed by atoms with E-state index in [-0.39, 0.29) is 0 Å². The van der Waals surface area contributed by atoms with E-state index in [0.29, 0.717) is 5.82 Å². The summed E-state index contributed by atoms with van der Waals surface area (Å²) in [7, 11) is 0. The van der Waals surface area contributed by atoms with Gasteiger partial charge in [-0.15, -0.1) is 0 Å². The van der Waals surface area contributed by atoms with Crippen molar-refractivity contribution in [1.29, 1.82) is 0 Å². The summed E-state index contributed by atoms with van der Waals surface area (Å²) in [6, 6.07) is 68.7. The second-order valence-electron chi connectivity index (χ2n) is 14.0. The SMILES string of the molecule is c1ccc(-c2cc(-c3ccc(-c4ccccc4)c4ccccc34)nc(-c3cccc4c3Oc3ccccc3C43c4ccccc4-c4ccccc43)n2)cc1. The Kier molecular flexibility index (Phi) is 6.77. The van der Waals surface area contributed by atoms with Crippen LogP contribution in [0.3, 0.4) is 0 Å². The first-order valence-electron chi connectivity index (χ1n) is 18.4. The Morgan fingerprint density at radius 1 is 0.352 bits per heavy atom. The molecule has 2 aliphatic rings. The molecule has 0 fully saturated rings. The third-order valence-electron chi connectivity index (χ3n) is 11.2. The molecule has 9 aromatic rings. The molecule has 0 radical (unpaired) electrons. The summed E-state index contributed by atoms with van der Waals surface area (Å²) < 4.78 is 7.03. The molecule has 1 aromatic heterocycles. The summed E-state index contributed by atoms with van der Waals surface area (Å²) in [5, 5.41) is 2.32. The standard InChI is InChI=1S/C51H32N2O/c1-3-16-33(17-4-1)35-30-31-40(37-21-8-7-20-36(35)37)47-32-46(34-18-5-2-6-19-34)52-50(53-47)41-24-15-28-45-49(41)54-48-29-14-13-27-44(48)51(45)42-25-11-9-22-38(42)39-23-10-12-26-43(39)51/h1-32H. The molecule has 54 heavy (non-hydrogen) atoms. The predicted molar refractivity (Wildman–Crippen MR) is 219 cm³/mol. The maximum absolute atomic E-state index is 7.03. The van der Waals surface area contributed by atoms with Crippen LogP contribution in [0.15, 0.2) is 194 Å². The highest BCUT2D eigenvalue weighted by Gasteiger charge is 2.51. The zero-order valence-electron chi connectivity index (χ0n) is 29.3. The first kappa shape index (κ1) is 30.5. The second kappa shape index (κ2) is 12.0. The van der Waals surface area contributed by atoms with E-state index in [0.717, 1.165) is 56.1 Å². The number of rotatable bonds is 4. The van der Waals surface area contributed by atoms with E-state index in [9.17, 15) is 0 Å². The number of aromatic nitrogens is 2. The number of hydrogen-bond donors (Lipinski definition) is 0. The van der Waals surface area contributed by atoms with Gasteiger partial charge in [0.05, 0.1) is 22.4 Å². The molecule has 11 rings (SSSR count). The minimum absolute atomic E-state index is 0.573. The van der Waals surface area contributed by atoms with E-state index in [1.807, 2.05) is 6.07 Å². The summed E-state index contributed by atoms with van der Waals surface area (Å²) in [6.45, 7) is 0. The van der Waals surface area contributed by atoms with Crippen LogP contribution in [0.2, 0.25) is 0 Å². The zero-order valence-corrected chi connectivity index (χ0v) is 29.3. The van der Waals surface area contributed by atoms with Gasteiger partial charge in [-0.05, 0) is 62.4 Å². The van der Waals surface area contributed by atoms with Crippen LogP contribution in [0.5, 0.6) is 11.5 Å². The fraction of sp³-hybridized carbons (Fsp3) is 0.0196. The molecule has 0 saturated heterocycles. The van der Waals surface area contributed by atoms with Gasteiger partial charge in [0.2, 0.25) is 0 Å². The molecular weight excluding hydrogens is 657 g/mol. The van der Waals surface area contributed by atoms with Crippen LogP contribution in [0, 0.1) is 0 Å². The highest BCUT2D eigenvalue weighted by atomic mass is 16.5. The van der Waals surface area contributed by atoms with Crippen molar-refractivity contribution in [2.24, 2.45) is 0 Å². The van der Waals surface area contributed by atoms with Crippen LogP contribution >= 0.6 is 0 Å². The van der Waals surface area contributed by atoms with Gasteiger partial charge >= 0.3 is 0 Å². The van der Waals surface area contributed by atoms with E-state index >= 15 is 0 Å². The molecule has 3 heteroatoms. The molecule has 1 aliphatic carbocycles. The molecule has 0 N–H and O–H groups in total. The van der Waals surface area contributed by atoms with Crippen molar-refractivity contribution in [2.75, 3.05) is 0 Å². The molecular formula is C51H32N2O. The van der Waals surface area contributed by atoms with E-state index < -0.39 is 5.41 Å². The van der Waals surface area contributed by atoms with Crippen molar-refractivity contribution in [1.82, 2.24) is 9.97 Å². The van der Waals surface area contributed by atoms with Gasteiger partial charge in [-0.25, -0.2) is 9.97 Å². The van der Waals surface area contributed by atoms with Gasteiger partial charge < -0.3 is 4.74 Å². The van der Waals surface area contributed by atoms with Crippen molar-refractivity contribution in [3.8, 4) is 67.7 Å². The van der Waals surface area contributed by atoms with Gasteiger partial charge in [-0.3, -0.25) is 0 Å². The number of benzene rings is 8. The van der Waals surface area contributed by atoms with Gasteiger partial charge in [-0.1, -0.05) is 176 Å². The van der Waals surface area contributed by atoms with Crippen molar-refractivity contribution in [2.45, 2.75) is 5.41 Å². The van der Waals surface area contributed by atoms with E-state index in [1.54, 1.807) is 0 Å². The average molecular weight is 689 g/mol. The maximum Gasteiger partial charge on any atom is 0.164 e. The molecule has 1 spiro atoms.